The number of aryl methyl sites for hydroxylation is 1. The van der Waals surface area contributed by atoms with Crippen LogP contribution >= 0.6 is 0 Å². The number of para-hydroxylation sites is 1. The maximum atomic E-state index is 13.1. The Balaban J connectivity index is 1.58. The number of aliphatic hydroxyl groups is 1. The van der Waals surface area contributed by atoms with Crippen LogP contribution in [0.3, 0.4) is 0 Å². The Morgan fingerprint density at radius 1 is 1.10 bits per heavy atom. The van der Waals surface area contributed by atoms with Crippen molar-refractivity contribution in [1.82, 2.24) is 0 Å². The van der Waals surface area contributed by atoms with E-state index >= 15 is 0 Å². The van der Waals surface area contributed by atoms with Gasteiger partial charge in [-0.2, -0.15) is 0 Å². The number of ether oxygens (including phenoxy) is 3. The van der Waals surface area contributed by atoms with Gasteiger partial charge in [-0.15, -0.1) is 0 Å². The third kappa shape index (κ3) is 4.07. The van der Waals surface area contributed by atoms with Gasteiger partial charge in [0.2, 0.25) is 6.79 Å². The van der Waals surface area contributed by atoms with E-state index in [1.807, 2.05) is 69.3 Å². The summed E-state index contributed by atoms with van der Waals surface area (Å²) in [5.41, 5.74) is 1.39. The largest absolute Gasteiger partial charge is 0.510 e. The second-order valence-electron chi connectivity index (χ2n) is 8.35. The highest BCUT2D eigenvalue weighted by Crippen LogP contribution is 2.41. The topological polar surface area (TPSA) is 68.2 Å². The van der Waals surface area contributed by atoms with Gasteiger partial charge in [0.25, 0.3) is 0 Å². The van der Waals surface area contributed by atoms with E-state index in [4.69, 9.17) is 14.2 Å². The summed E-state index contributed by atoms with van der Waals surface area (Å²) in [5, 5.41) is 11.0. The van der Waals surface area contributed by atoms with Gasteiger partial charge in [-0.25, -0.2) is 4.79 Å². The number of carbonyl (C=O) groups excluding carboxylic acids is 1. The highest BCUT2D eigenvalue weighted by molar-refractivity contribution is 5.94. The van der Waals surface area contributed by atoms with Crippen LogP contribution in [0.2, 0.25) is 0 Å². The van der Waals surface area contributed by atoms with E-state index in [9.17, 15) is 9.90 Å². The number of hydrogen-bond acceptors (Lipinski definition) is 6. The lowest BCUT2D eigenvalue weighted by Gasteiger charge is -2.42. The lowest BCUT2D eigenvalue weighted by molar-refractivity contribution is -0.166. The van der Waals surface area contributed by atoms with Gasteiger partial charge in [0.05, 0.1) is 0 Å². The zero-order valence-electron chi connectivity index (χ0n) is 18.3. The molecule has 2 aliphatic heterocycles. The SMILES string of the molecule is CCN(C1=C(O)CC(CCc2ccc3c(c2)OCO3)(C(C)C)OC1=O)c1ccccc1. The molecule has 1 N–H and O–H groups in total. The summed E-state index contributed by atoms with van der Waals surface area (Å²) in [4.78, 5) is 15.0. The Hall–Kier alpha value is -3.15. The monoisotopic (exact) mass is 423 g/mol. The van der Waals surface area contributed by atoms with E-state index < -0.39 is 11.6 Å². The molecule has 6 heteroatoms. The molecule has 164 valence electrons. The fourth-order valence-corrected chi connectivity index (χ4v) is 4.30. The molecule has 0 bridgehead atoms. The second-order valence-corrected chi connectivity index (χ2v) is 8.35. The number of likely N-dealkylation sites (N-methyl/N-ethyl adjacent to an activating group) is 1. The predicted octanol–water partition coefficient (Wildman–Crippen LogP) is 4.99. The molecule has 0 fully saturated rings. The molecule has 1 atom stereocenters. The number of benzene rings is 2. The Labute approximate surface area is 183 Å². The minimum atomic E-state index is -0.767. The highest BCUT2D eigenvalue weighted by Gasteiger charge is 2.45. The van der Waals surface area contributed by atoms with E-state index in [0.717, 1.165) is 22.7 Å². The lowest BCUT2D eigenvalue weighted by Crippen LogP contribution is -2.47. The molecular weight excluding hydrogens is 394 g/mol. The number of cyclic esters (lactones) is 1. The third-order valence-electron chi connectivity index (χ3n) is 6.21. The summed E-state index contributed by atoms with van der Waals surface area (Å²) in [6, 6.07) is 15.5. The van der Waals surface area contributed by atoms with E-state index in [0.29, 0.717) is 25.8 Å². The molecule has 0 saturated carbocycles. The fraction of sp³-hybridized carbons (Fsp3) is 0.400. The Kier molecular flexibility index (Phi) is 5.81. The molecule has 2 heterocycles. The molecule has 2 aromatic carbocycles. The van der Waals surface area contributed by atoms with Crippen molar-refractivity contribution in [2.75, 3.05) is 18.2 Å². The summed E-state index contributed by atoms with van der Waals surface area (Å²) in [6.45, 7) is 6.79. The van der Waals surface area contributed by atoms with Gasteiger partial charge >= 0.3 is 5.97 Å². The molecule has 2 aromatic rings. The van der Waals surface area contributed by atoms with Crippen molar-refractivity contribution in [3.63, 3.8) is 0 Å². The van der Waals surface area contributed by atoms with E-state index in [1.54, 1.807) is 4.90 Å². The maximum absolute atomic E-state index is 13.1. The van der Waals surface area contributed by atoms with Crippen molar-refractivity contribution in [3.05, 3.63) is 65.6 Å². The predicted molar refractivity (Wildman–Crippen MR) is 118 cm³/mol. The lowest BCUT2D eigenvalue weighted by atomic mass is 9.79. The molecular formula is C25H29NO5. The number of anilines is 1. The minimum Gasteiger partial charge on any atom is -0.510 e. The first-order chi connectivity index (χ1) is 14.9. The van der Waals surface area contributed by atoms with Gasteiger partial charge in [0, 0.05) is 18.7 Å². The quantitative estimate of drug-likeness (QED) is 0.633. The fourth-order valence-electron chi connectivity index (χ4n) is 4.30. The molecule has 4 rings (SSSR count). The molecule has 0 aliphatic carbocycles. The standard InChI is InChI=1S/C25H29NO5/c1-4-26(19-8-6-5-7-9-19)23-20(27)15-25(17(2)3,31-24(23)28)13-12-18-10-11-21-22(14-18)30-16-29-21/h5-11,14,17,27H,4,12-13,15-16H2,1-3H3. The van der Waals surface area contributed by atoms with Crippen LogP contribution in [0, 0.1) is 5.92 Å². The van der Waals surface area contributed by atoms with Crippen LogP contribution < -0.4 is 14.4 Å². The summed E-state index contributed by atoms with van der Waals surface area (Å²) in [5.74, 6) is 1.14. The summed E-state index contributed by atoms with van der Waals surface area (Å²) >= 11 is 0. The van der Waals surface area contributed by atoms with Crippen LogP contribution in [-0.2, 0) is 16.0 Å². The summed E-state index contributed by atoms with van der Waals surface area (Å²) in [6.07, 6.45) is 1.59. The highest BCUT2D eigenvalue weighted by atomic mass is 16.7. The van der Waals surface area contributed by atoms with Crippen LogP contribution in [0.4, 0.5) is 5.69 Å². The molecule has 31 heavy (non-hydrogen) atoms. The van der Waals surface area contributed by atoms with Crippen molar-refractivity contribution in [2.24, 2.45) is 5.92 Å². The van der Waals surface area contributed by atoms with Gasteiger partial charge in [0.15, 0.2) is 17.2 Å². The molecule has 2 aliphatic rings. The van der Waals surface area contributed by atoms with Gasteiger partial charge in [-0.05, 0) is 55.5 Å². The van der Waals surface area contributed by atoms with Gasteiger partial charge in [-0.3, -0.25) is 0 Å². The number of rotatable bonds is 7. The third-order valence-corrected chi connectivity index (χ3v) is 6.21. The molecule has 1 unspecified atom stereocenters. The van der Waals surface area contributed by atoms with Crippen molar-refractivity contribution >= 4 is 11.7 Å². The summed E-state index contributed by atoms with van der Waals surface area (Å²) < 4.78 is 16.9. The number of nitrogens with zero attached hydrogens (tertiary/aromatic N) is 1. The van der Waals surface area contributed by atoms with E-state index in [2.05, 4.69) is 0 Å². The summed E-state index contributed by atoms with van der Waals surface area (Å²) in [7, 11) is 0. The normalized spacial score (nSPS) is 20.2. The van der Waals surface area contributed by atoms with E-state index in [1.165, 1.54) is 0 Å². The number of carbonyl (C=O) groups is 1. The minimum absolute atomic E-state index is 0.0426. The van der Waals surface area contributed by atoms with Crippen molar-refractivity contribution in [2.45, 2.75) is 45.6 Å². The zero-order chi connectivity index (χ0) is 22.0. The van der Waals surface area contributed by atoms with Crippen LogP contribution in [0.5, 0.6) is 11.5 Å². The van der Waals surface area contributed by atoms with Crippen molar-refractivity contribution in [1.29, 1.82) is 0 Å². The van der Waals surface area contributed by atoms with Gasteiger partial charge < -0.3 is 24.2 Å². The molecule has 0 saturated heterocycles. The number of fused-ring (bicyclic) bond motifs is 1. The average molecular weight is 424 g/mol. The van der Waals surface area contributed by atoms with Crippen molar-refractivity contribution < 1.29 is 24.1 Å². The smallest absolute Gasteiger partial charge is 0.359 e. The first-order valence-corrected chi connectivity index (χ1v) is 10.8. The molecule has 0 amide bonds. The van der Waals surface area contributed by atoms with Crippen molar-refractivity contribution in [3.8, 4) is 11.5 Å². The molecule has 0 radical (unpaired) electrons. The molecule has 6 nitrogen and oxygen atoms in total. The molecule has 0 spiro atoms. The Bertz CT molecular complexity index is 985. The average Bonchev–Trinajstić information content (AvgIpc) is 3.23. The van der Waals surface area contributed by atoms with Crippen LogP contribution in [0.1, 0.15) is 39.2 Å². The van der Waals surface area contributed by atoms with Crippen LogP contribution in [0.25, 0.3) is 0 Å². The number of hydrogen-bond donors (Lipinski definition) is 1. The Morgan fingerprint density at radius 2 is 1.84 bits per heavy atom. The Morgan fingerprint density at radius 3 is 2.52 bits per heavy atom. The first kappa shape index (κ1) is 21.1. The molecule has 0 aromatic heterocycles. The number of esters is 1. The van der Waals surface area contributed by atoms with E-state index in [-0.39, 0.29) is 24.2 Å². The van der Waals surface area contributed by atoms with Gasteiger partial charge in [-0.1, -0.05) is 38.1 Å². The number of aliphatic hydroxyl groups excluding tert-OH is 1. The van der Waals surface area contributed by atoms with Gasteiger partial charge in [0.1, 0.15) is 11.4 Å². The maximum Gasteiger partial charge on any atom is 0.359 e. The first-order valence-electron chi connectivity index (χ1n) is 10.8. The van der Waals surface area contributed by atoms with Crippen LogP contribution in [-0.4, -0.2) is 30.0 Å². The van der Waals surface area contributed by atoms with Crippen LogP contribution in [0.15, 0.2) is 60.0 Å². The zero-order valence-corrected chi connectivity index (χ0v) is 18.3. The second kappa shape index (κ2) is 8.53.